The average molecular weight is 846 g/mol. The number of fused-ring (bicyclic) bond motifs is 2. The molecule has 304 valence electrons. The maximum atomic E-state index is 13.7. The van der Waals surface area contributed by atoms with Gasteiger partial charge in [-0.15, -0.1) is 10.2 Å². The van der Waals surface area contributed by atoms with E-state index < -0.39 is 0 Å². The zero-order valence-electron chi connectivity index (χ0n) is 33.6. The molecule has 4 aliphatic rings. The standard InChI is InChI=1S/C22H27FN4O.C17H23FN2O.C5H5BrN2/c1-15-9-10-21(25-24-15)26-11-12-27-19(14-26)13-18(22(27)28)7-3-5-17-6-4-8-20(23)16(17)2;1-12-13(5-3-7-16(12)18)4-2-6-14-10-15-11-19-8-9-20(15)17(14)21;1-4-2-3-5(6)8-7-4/h4,6,8-10,18-19H,3,5,7,11-14H2,1-2H3;3,5,7,14-15,19H,2,4,6,8-11H2,1H3;2-3H,1H3/t18-,19-;14-,15-;/m00./s1. The number of aromatic nitrogens is 4. The second-order valence-corrected chi connectivity index (χ2v) is 16.6. The third kappa shape index (κ3) is 11.0. The summed E-state index contributed by atoms with van der Waals surface area (Å²) in [7, 11) is 0. The van der Waals surface area contributed by atoms with Crippen molar-refractivity contribution in [1.82, 2.24) is 35.5 Å². The highest BCUT2D eigenvalue weighted by molar-refractivity contribution is 9.10. The summed E-state index contributed by atoms with van der Waals surface area (Å²) in [4.78, 5) is 31.5. The summed E-state index contributed by atoms with van der Waals surface area (Å²) < 4.78 is 28.0. The minimum Gasteiger partial charge on any atom is -0.351 e. The van der Waals surface area contributed by atoms with E-state index in [0.717, 1.165) is 135 Å². The van der Waals surface area contributed by atoms with Crippen LogP contribution in [0.2, 0.25) is 0 Å². The average Bonchev–Trinajstić information content (AvgIpc) is 3.71. The summed E-state index contributed by atoms with van der Waals surface area (Å²) in [5, 5.41) is 19.3. The van der Waals surface area contributed by atoms with Crippen LogP contribution in [0.25, 0.3) is 0 Å². The van der Waals surface area contributed by atoms with Crippen LogP contribution in [-0.4, -0.2) is 93.4 Å². The molecule has 4 atom stereocenters. The summed E-state index contributed by atoms with van der Waals surface area (Å²) in [6.45, 7) is 12.6. The van der Waals surface area contributed by atoms with Gasteiger partial charge in [-0.05, 0) is 154 Å². The molecule has 2 aromatic carbocycles. The van der Waals surface area contributed by atoms with Gasteiger partial charge < -0.3 is 20.0 Å². The van der Waals surface area contributed by atoms with Crippen LogP contribution in [0, 0.1) is 51.2 Å². The molecule has 8 rings (SSSR count). The van der Waals surface area contributed by atoms with E-state index in [-0.39, 0.29) is 35.4 Å². The Morgan fingerprint density at radius 2 is 1.25 bits per heavy atom. The van der Waals surface area contributed by atoms with Crippen LogP contribution in [0.4, 0.5) is 14.6 Å². The number of piperazine rings is 2. The highest BCUT2D eigenvalue weighted by atomic mass is 79.9. The molecule has 2 amide bonds. The van der Waals surface area contributed by atoms with E-state index in [2.05, 4.69) is 56.3 Å². The van der Waals surface area contributed by atoms with E-state index in [0.29, 0.717) is 11.9 Å². The predicted octanol–water partition coefficient (Wildman–Crippen LogP) is 7.12. The van der Waals surface area contributed by atoms with Gasteiger partial charge in [0.05, 0.1) is 17.4 Å². The first-order valence-corrected chi connectivity index (χ1v) is 21.1. The van der Waals surface area contributed by atoms with Crippen molar-refractivity contribution in [2.24, 2.45) is 11.8 Å². The van der Waals surface area contributed by atoms with E-state index in [1.165, 1.54) is 12.1 Å². The Labute approximate surface area is 344 Å². The number of anilines is 1. The van der Waals surface area contributed by atoms with E-state index in [9.17, 15) is 18.4 Å². The van der Waals surface area contributed by atoms with Gasteiger partial charge in [0.1, 0.15) is 16.2 Å². The lowest BCUT2D eigenvalue weighted by Crippen LogP contribution is -2.51. The van der Waals surface area contributed by atoms with Crippen molar-refractivity contribution in [2.45, 2.75) is 91.1 Å². The molecule has 0 spiro atoms. The number of nitrogens with zero attached hydrogens (tertiary/aromatic N) is 7. The molecule has 4 fully saturated rings. The minimum absolute atomic E-state index is 0.0860. The fourth-order valence-electron chi connectivity index (χ4n) is 8.49. The van der Waals surface area contributed by atoms with Gasteiger partial charge in [0.15, 0.2) is 5.82 Å². The normalized spacial score (nSPS) is 21.4. The molecule has 57 heavy (non-hydrogen) atoms. The minimum atomic E-state index is -0.147. The number of benzene rings is 2. The first-order valence-electron chi connectivity index (χ1n) is 20.3. The Morgan fingerprint density at radius 1 is 0.684 bits per heavy atom. The van der Waals surface area contributed by atoms with Crippen LogP contribution < -0.4 is 10.2 Å². The summed E-state index contributed by atoms with van der Waals surface area (Å²) in [5.74, 6) is 1.49. The van der Waals surface area contributed by atoms with Crippen LogP contribution in [0.1, 0.15) is 72.2 Å². The molecule has 0 unspecified atom stereocenters. The summed E-state index contributed by atoms with van der Waals surface area (Å²) in [6, 6.07) is 18.9. The van der Waals surface area contributed by atoms with Gasteiger partial charge in [-0.3, -0.25) is 9.59 Å². The molecule has 13 heteroatoms. The van der Waals surface area contributed by atoms with Gasteiger partial charge in [0, 0.05) is 57.1 Å². The Hall–Kier alpha value is -4.36. The highest BCUT2D eigenvalue weighted by Gasteiger charge is 2.42. The number of rotatable bonds is 9. The van der Waals surface area contributed by atoms with Gasteiger partial charge in [0.2, 0.25) is 11.8 Å². The van der Waals surface area contributed by atoms with Crippen molar-refractivity contribution < 1.29 is 18.4 Å². The van der Waals surface area contributed by atoms with Crippen LogP contribution >= 0.6 is 15.9 Å². The Balaban J connectivity index is 0.000000166. The van der Waals surface area contributed by atoms with E-state index in [1.807, 2.05) is 64.1 Å². The fourth-order valence-corrected chi connectivity index (χ4v) is 8.71. The molecule has 0 radical (unpaired) electrons. The topological polar surface area (TPSA) is 107 Å². The largest absolute Gasteiger partial charge is 0.351 e. The molecule has 4 saturated heterocycles. The molecule has 4 aliphatic heterocycles. The van der Waals surface area contributed by atoms with Crippen LogP contribution in [-0.2, 0) is 22.4 Å². The lowest BCUT2D eigenvalue weighted by molar-refractivity contribution is -0.133. The van der Waals surface area contributed by atoms with Crippen molar-refractivity contribution in [3.63, 3.8) is 0 Å². The van der Waals surface area contributed by atoms with Crippen molar-refractivity contribution in [3.05, 3.63) is 111 Å². The highest BCUT2D eigenvalue weighted by Crippen LogP contribution is 2.33. The SMILES string of the molecule is Cc1c(F)cccc1CCC[C@H]1C[C@H]2CNCCN2C1=O.Cc1ccc(Br)nn1.Cc1ccc(N2CCN3C(=O)[C@@H](CCCc4cccc(F)c4C)C[C@H]3C2)nn1. The second kappa shape index (κ2) is 19.9. The second-order valence-electron chi connectivity index (χ2n) is 15.7. The number of hydrogen-bond acceptors (Lipinski definition) is 8. The van der Waals surface area contributed by atoms with E-state index >= 15 is 0 Å². The zero-order chi connectivity index (χ0) is 40.5. The molecule has 0 saturated carbocycles. The van der Waals surface area contributed by atoms with Crippen molar-refractivity contribution >= 4 is 33.6 Å². The van der Waals surface area contributed by atoms with Crippen molar-refractivity contribution in [2.75, 3.05) is 44.2 Å². The molecule has 1 N–H and O–H groups in total. The lowest BCUT2D eigenvalue weighted by Gasteiger charge is -2.37. The first kappa shape index (κ1) is 42.3. The molecule has 0 aliphatic carbocycles. The third-order valence-electron chi connectivity index (χ3n) is 11.8. The fraction of sp³-hybridized carbons (Fsp3) is 0.500. The van der Waals surface area contributed by atoms with Crippen LogP contribution in [0.15, 0.2) is 65.3 Å². The number of aryl methyl sites for hydroxylation is 4. The molecular weight excluding hydrogens is 790 g/mol. The molecule has 10 nitrogen and oxygen atoms in total. The molecular formula is C44H55BrF2N8O2. The number of halogens is 3. The smallest absolute Gasteiger partial charge is 0.226 e. The van der Waals surface area contributed by atoms with E-state index in [4.69, 9.17) is 0 Å². The first-order chi connectivity index (χ1) is 27.5. The van der Waals surface area contributed by atoms with Crippen LogP contribution in [0.5, 0.6) is 0 Å². The molecule has 6 heterocycles. The molecule has 2 aromatic heterocycles. The molecule has 0 bridgehead atoms. The van der Waals surface area contributed by atoms with Gasteiger partial charge in [-0.25, -0.2) is 8.78 Å². The Morgan fingerprint density at radius 3 is 1.77 bits per heavy atom. The van der Waals surface area contributed by atoms with Gasteiger partial charge in [-0.1, -0.05) is 24.3 Å². The maximum Gasteiger partial charge on any atom is 0.226 e. The van der Waals surface area contributed by atoms with Crippen LogP contribution in [0.3, 0.4) is 0 Å². The monoisotopic (exact) mass is 844 g/mol. The number of carbonyl (C=O) groups excluding carboxylic acids is 2. The van der Waals surface area contributed by atoms with Gasteiger partial charge >= 0.3 is 0 Å². The van der Waals surface area contributed by atoms with E-state index in [1.54, 1.807) is 12.1 Å². The van der Waals surface area contributed by atoms with Crippen molar-refractivity contribution in [3.8, 4) is 0 Å². The number of nitrogens with one attached hydrogen (secondary N) is 1. The number of hydrogen-bond donors (Lipinski definition) is 1. The number of carbonyl (C=O) groups is 2. The van der Waals surface area contributed by atoms with Crippen molar-refractivity contribution in [1.29, 1.82) is 0 Å². The zero-order valence-corrected chi connectivity index (χ0v) is 35.1. The Bertz CT molecular complexity index is 1950. The third-order valence-corrected chi connectivity index (χ3v) is 12.3. The predicted molar refractivity (Wildman–Crippen MR) is 222 cm³/mol. The summed E-state index contributed by atoms with van der Waals surface area (Å²) >= 11 is 3.17. The lowest BCUT2D eigenvalue weighted by atomic mass is 9.95. The quantitative estimate of drug-likeness (QED) is 0.190. The maximum absolute atomic E-state index is 13.7. The summed E-state index contributed by atoms with van der Waals surface area (Å²) in [6.07, 6.45) is 7.21. The van der Waals surface area contributed by atoms with Gasteiger partial charge in [0.25, 0.3) is 0 Å². The number of amides is 2. The van der Waals surface area contributed by atoms with Gasteiger partial charge in [-0.2, -0.15) is 10.2 Å². The summed E-state index contributed by atoms with van der Waals surface area (Å²) in [5.41, 5.74) is 5.44. The Kier molecular flexibility index (Phi) is 14.7. The molecule has 4 aromatic rings.